The highest BCUT2D eigenvalue weighted by Gasteiger charge is 2.14. The van der Waals surface area contributed by atoms with Gasteiger partial charge < -0.3 is 5.11 Å². The lowest BCUT2D eigenvalue weighted by Gasteiger charge is -2.12. The average Bonchev–Trinajstić information content (AvgIpc) is 2.17. The Morgan fingerprint density at radius 2 is 1.92 bits per heavy atom. The Bertz CT molecular complexity index is 315. The van der Waals surface area contributed by atoms with Crippen molar-refractivity contribution >= 4 is 15.9 Å². The Hall–Kier alpha value is -0.850. The van der Waals surface area contributed by atoms with Gasteiger partial charge in [-0.1, -0.05) is 28.1 Å². The van der Waals surface area contributed by atoms with Gasteiger partial charge in [-0.15, -0.1) is 0 Å². The van der Waals surface area contributed by atoms with Crippen LogP contribution in [0, 0.1) is 17.2 Å². The topological polar surface area (TPSA) is 44.0 Å². The number of halogens is 1. The third-order valence-electron chi connectivity index (χ3n) is 1.89. The van der Waals surface area contributed by atoms with E-state index in [2.05, 4.69) is 15.9 Å². The molecule has 0 saturated carbocycles. The molecule has 2 nitrogen and oxygen atoms in total. The molecule has 0 spiro atoms. The lowest BCUT2D eigenvalue weighted by Crippen LogP contribution is -2.06. The van der Waals surface area contributed by atoms with Crippen LogP contribution in [-0.4, -0.2) is 5.11 Å². The van der Waals surface area contributed by atoms with Crippen LogP contribution in [0.3, 0.4) is 0 Å². The van der Waals surface area contributed by atoms with Gasteiger partial charge in [0.2, 0.25) is 0 Å². The lowest BCUT2D eigenvalue weighted by molar-refractivity contribution is 0.143. The van der Waals surface area contributed by atoms with E-state index in [0.29, 0.717) is 0 Å². The summed E-state index contributed by atoms with van der Waals surface area (Å²) in [5.41, 5.74) is 0.775. The minimum atomic E-state index is -0.696. The van der Waals surface area contributed by atoms with E-state index in [1.54, 1.807) is 6.92 Å². The molecule has 0 radical (unpaired) electrons. The third kappa shape index (κ3) is 2.55. The largest absolute Gasteiger partial charge is 0.387 e. The van der Waals surface area contributed by atoms with E-state index in [-0.39, 0.29) is 5.92 Å². The first-order valence-corrected chi connectivity index (χ1v) is 4.77. The monoisotopic (exact) mass is 239 g/mol. The Morgan fingerprint density at radius 1 is 1.38 bits per heavy atom. The second-order valence-corrected chi connectivity index (χ2v) is 3.83. The summed E-state index contributed by atoms with van der Waals surface area (Å²) in [6, 6.07) is 9.33. The lowest BCUT2D eigenvalue weighted by atomic mass is 9.99. The van der Waals surface area contributed by atoms with Crippen LogP contribution in [0.1, 0.15) is 18.6 Å². The fourth-order valence-electron chi connectivity index (χ4n) is 1.02. The number of benzene rings is 1. The third-order valence-corrected chi connectivity index (χ3v) is 2.42. The van der Waals surface area contributed by atoms with Gasteiger partial charge in [0.1, 0.15) is 0 Å². The molecule has 0 saturated heterocycles. The van der Waals surface area contributed by atoms with Crippen LogP contribution >= 0.6 is 15.9 Å². The smallest absolute Gasteiger partial charge is 0.0945 e. The molecule has 0 aliphatic rings. The minimum Gasteiger partial charge on any atom is -0.387 e. The van der Waals surface area contributed by atoms with Crippen molar-refractivity contribution in [2.24, 2.45) is 5.92 Å². The van der Waals surface area contributed by atoms with E-state index in [0.717, 1.165) is 10.0 Å². The zero-order chi connectivity index (χ0) is 9.84. The van der Waals surface area contributed by atoms with Crippen molar-refractivity contribution in [2.45, 2.75) is 13.0 Å². The van der Waals surface area contributed by atoms with Gasteiger partial charge in [-0.25, -0.2) is 0 Å². The molecule has 68 valence electrons. The highest BCUT2D eigenvalue weighted by molar-refractivity contribution is 9.10. The molecule has 2 atom stereocenters. The van der Waals surface area contributed by atoms with Gasteiger partial charge >= 0.3 is 0 Å². The first-order chi connectivity index (χ1) is 6.15. The molecule has 3 heteroatoms. The number of aliphatic hydroxyl groups is 1. The van der Waals surface area contributed by atoms with Crippen molar-refractivity contribution in [2.75, 3.05) is 0 Å². The van der Waals surface area contributed by atoms with Crippen LogP contribution < -0.4 is 0 Å². The van der Waals surface area contributed by atoms with E-state index in [1.807, 2.05) is 30.3 Å². The predicted octanol–water partition coefficient (Wildman–Crippen LogP) is 2.64. The fourth-order valence-corrected chi connectivity index (χ4v) is 1.28. The van der Waals surface area contributed by atoms with Gasteiger partial charge in [-0.2, -0.15) is 5.26 Å². The number of nitrogens with zero attached hydrogens (tertiary/aromatic N) is 1. The van der Waals surface area contributed by atoms with E-state index in [4.69, 9.17) is 5.26 Å². The maximum atomic E-state index is 9.64. The van der Waals surface area contributed by atoms with Crippen molar-refractivity contribution in [1.29, 1.82) is 5.26 Å². The van der Waals surface area contributed by atoms with Gasteiger partial charge in [0.25, 0.3) is 0 Å². The fraction of sp³-hybridized carbons (Fsp3) is 0.300. The Kier molecular flexibility index (Phi) is 3.47. The molecule has 0 amide bonds. The van der Waals surface area contributed by atoms with Crippen molar-refractivity contribution in [1.82, 2.24) is 0 Å². The predicted molar refractivity (Wildman–Crippen MR) is 53.9 cm³/mol. The summed E-state index contributed by atoms with van der Waals surface area (Å²) in [4.78, 5) is 0. The van der Waals surface area contributed by atoms with Crippen molar-refractivity contribution < 1.29 is 5.11 Å². The Balaban J connectivity index is 2.84. The molecule has 2 unspecified atom stereocenters. The minimum absolute atomic E-state index is 0.374. The molecular formula is C10H10BrNO. The molecule has 0 heterocycles. The van der Waals surface area contributed by atoms with Gasteiger partial charge in [0.15, 0.2) is 0 Å². The van der Waals surface area contributed by atoms with Crippen LogP contribution in [-0.2, 0) is 0 Å². The molecule has 0 bridgehead atoms. The second kappa shape index (κ2) is 4.40. The standard InChI is InChI=1S/C10H10BrNO/c1-7(6-12)10(13)8-2-4-9(11)5-3-8/h2-5,7,10,13H,1H3. The molecule has 13 heavy (non-hydrogen) atoms. The Morgan fingerprint density at radius 3 is 2.38 bits per heavy atom. The van der Waals surface area contributed by atoms with Crippen LogP contribution in [0.25, 0.3) is 0 Å². The highest BCUT2D eigenvalue weighted by Crippen LogP contribution is 2.22. The summed E-state index contributed by atoms with van der Waals surface area (Å²) in [7, 11) is 0. The van der Waals surface area contributed by atoms with Crippen LogP contribution in [0.4, 0.5) is 0 Å². The molecule has 0 aliphatic heterocycles. The zero-order valence-electron chi connectivity index (χ0n) is 7.24. The van der Waals surface area contributed by atoms with E-state index in [1.165, 1.54) is 0 Å². The summed E-state index contributed by atoms with van der Waals surface area (Å²) in [5, 5.41) is 18.2. The first-order valence-electron chi connectivity index (χ1n) is 3.98. The SMILES string of the molecule is CC(C#N)C(O)c1ccc(Br)cc1. The number of rotatable bonds is 2. The summed E-state index contributed by atoms with van der Waals surface area (Å²) in [6.45, 7) is 1.70. The average molecular weight is 240 g/mol. The van der Waals surface area contributed by atoms with E-state index in [9.17, 15) is 5.11 Å². The van der Waals surface area contributed by atoms with Crippen molar-refractivity contribution in [3.63, 3.8) is 0 Å². The zero-order valence-corrected chi connectivity index (χ0v) is 8.82. The highest BCUT2D eigenvalue weighted by atomic mass is 79.9. The van der Waals surface area contributed by atoms with Gasteiger partial charge in [-0.05, 0) is 24.6 Å². The number of hydrogen-bond donors (Lipinski definition) is 1. The molecule has 0 aliphatic carbocycles. The number of hydrogen-bond acceptors (Lipinski definition) is 2. The van der Waals surface area contributed by atoms with Crippen LogP contribution in [0.2, 0.25) is 0 Å². The molecule has 1 aromatic rings. The van der Waals surface area contributed by atoms with Crippen LogP contribution in [0.5, 0.6) is 0 Å². The number of aliphatic hydroxyl groups excluding tert-OH is 1. The first kappa shape index (κ1) is 10.2. The molecule has 0 aromatic heterocycles. The number of nitriles is 1. The van der Waals surface area contributed by atoms with Crippen LogP contribution in [0.15, 0.2) is 28.7 Å². The molecule has 0 fully saturated rings. The molecule has 1 aromatic carbocycles. The second-order valence-electron chi connectivity index (χ2n) is 2.91. The van der Waals surface area contributed by atoms with E-state index >= 15 is 0 Å². The van der Waals surface area contributed by atoms with Crippen molar-refractivity contribution in [3.8, 4) is 6.07 Å². The summed E-state index contributed by atoms with van der Waals surface area (Å²) in [5.74, 6) is -0.374. The summed E-state index contributed by atoms with van der Waals surface area (Å²) >= 11 is 3.30. The normalized spacial score (nSPS) is 14.6. The van der Waals surface area contributed by atoms with Gasteiger partial charge in [-0.3, -0.25) is 0 Å². The summed E-state index contributed by atoms with van der Waals surface area (Å²) in [6.07, 6.45) is -0.696. The van der Waals surface area contributed by atoms with Gasteiger partial charge in [0.05, 0.1) is 18.1 Å². The van der Waals surface area contributed by atoms with Gasteiger partial charge in [0, 0.05) is 4.47 Å². The molecular weight excluding hydrogens is 230 g/mol. The maximum absolute atomic E-state index is 9.64. The quantitative estimate of drug-likeness (QED) is 0.863. The summed E-state index contributed by atoms with van der Waals surface area (Å²) < 4.78 is 0.966. The maximum Gasteiger partial charge on any atom is 0.0945 e. The van der Waals surface area contributed by atoms with E-state index < -0.39 is 6.10 Å². The Labute approximate surface area is 85.9 Å². The molecule has 1 rings (SSSR count). The molecule has 1 N–H and O–H groups in total. The van der Waals surface area contributed by atoms with Crippen molar-refractivity contribution in [3.05, 3.63) is 34.3 Å².